The molecule has 0 bridgehead atoms. The molecule has 11 heteroatoms. The molecule has 0 radical (unpaired) electrons. The number of aromatic nitrogens is 3. The summed E-state index contributed by atoms with van der Waals surface area (Å²) in [6.45, 7) is 1.64. The summed E-state index contributed by atoms with van der Waals surface area (Å²) in [6.07, 6.45) is -2.93. The van der Waals surface area contributed by atoms with Crippen molar-refractivity contribution >= 4 is 28.4 Å². The number of hydrogen-bond acceptors (Lipinski definition) is 5. The van der Waals surface area contributed by atoms with Gasteiger partial charge in [-0.05, 0) is 43.3 Å². The Morgan fingerprint density at radius 1 is 1.09 bits per heavy atom. The average Bonchev–Trinajstić information content (AvgIpc) is 3.42. The van der Waals surface area contributed by atoms with Gasteiger partial charge in [0.2, 0.25) is 0 Å². The molecule has 4 aromatic rings. The molecule has 2 aromatic carbocycles. The number of fused-ring (bicyclic) bond motifs is 1. The van der Waals surface area contributed by atoms with Gasteiger partial charge in [0.15, 0.2) is 11.5 Å². The first-order valence-corrected chi connectivity index (χ1v) is 9.40. The molecule has 32 heavy (non-hydrogen) atoms. The molecule has 0 saturated carbocycles. The topological polar surface area (TPSA) is 113 Å². The van der Waals surface area contributed by atoms with Gasteiger partial charge < -0.3 is 15.2 Å². The lowest BCUT2D eigenvalue weighted by atomic mass is 10.1. The zero-order valence-electron chi connectivity index (χ0n) is 16.5. The monoisotopic (exact) mass is 443 g/mol. The lowest BCUT2D eigenvalue weighted by Crippen LogP contribution is -2.26. The van der Waals surface area contributed by atoms with E-state index in [1.54, 1.807) is 31.3 Å². The molecule has 2 heterocycles. The third kappa shape index (κ3) is 4.46. The second kappa shape index (κ2) is 8.17. The first-order valence-electron chi connectivity index (χ1n) is 9.40. The van der Waals surface area contributed by atoms with Crippen LogP contribution >= 0.6 is 0 Å². The number of halogens is 3. The van der Waals surface area contributed by atoms with Crippen molar-refractivity contribution in [1.82, 2.24) is 20.7 Å². The van der Waals surface area contributed by atoms with Gasteiger partial charge in [-0.15, -0.1) is 0 Å². The van der Waals surface area contributed by atoms with Crippen molar-refractivity contribution in [2.45, 2.75) is 19.1 Å². The Balaban J connectivity index is 1.42. The highest BCUT2D eigenvalue weighted by molar-refractivity contribution is 6.03. The van der Waals surface area contributed by atoms with E-state index in [2.05, 4.69) is 26.0 Å². The number of benzene rings is 2. The summed E-state index contributed by atoms with van der Waals surface area (Å²) in [5.74, 6) is -0.910. The molecule has 3 N–H and O–H groups in total. The van der Waals surface area contributed by atoms with Crippen molar-refractivity contribution in [2.24, 2.45) is 0 Å². The van der Waals surface area contributed by atoms with Gasteiger partial charge in [0.05, 0.1) is 23.3 Å². The second-order valence-corrected chi connectivity index (χ2v) is 7.01. The summed E-state index contributed by atoms with van der Waals surface area (Å²) in [7, 11) is 0. The number of aromatic amines is 1. The molecule has 0 fully saturated rings. The van der Waals surface area contributed by atoms with Gasteiger partial charge >= 0.3 is 6.18 Å². The van der Waals surface area contributed by atoms with Crippen molar-refractivity contribution < 1.29 is 27.3 Å². The van der Waals surface area contributed by atoms with Crippen LogP contribution in [0.1, 0.15) is 45.1 Å². The number of nitrogens with one attached hydrogen (secondary N) is 3. The molecule has 0 spiro atoms. The van der Waals surface area contributed by atoms with Crippen LogP contribution in [-0.2, 0) is 6.18 Å². The number of amides is 2. The van der Waals surface area contributed by atoms with Gasteiger partial charge in [-0.1, -0.05) is 11.2 Å². The predicted molar refractivity (Wildman–Crippen MR) is 108 cm³/mol. The molecule has 1 atom stereocenters. The second-order valence-electron chi connectivity index (χ2n) is 7.01. The van der Waals surface area contributed by atoms with E-state index < -0.39 is 23.7 Å². The highest BCUT2D eigenvalue weighted by atomic mass is 19.4. The fourth-order valence-corrected chi connectivity index (χ4v) is 3.00. The van der Waals surface area contributed by atoms with Crippen LogP contribution < -0.4 is 10.6 Å². The molecule has 8 nitrogen and oxygen atoms in total. The fraction of sp³-hybridized carbons (Fsp3) is 0.143. The maximum absolute atomic E-state index is 12.8. The summed E-state index contributed by atoms with van der Waals surface area (Å²) in [6, 6.07) is 9.97. The van der Waals surface area contributed by atoms with E-state index in [1.807, 2.05) is 0 Å². The first kappa shape index (κ1) is 21.1. The first-order chi connectivity index (χ1) is 15.2. The maximum Gasteiger partial charge on any atom is 0.416 e. The molecule has 0 aliphatic carbocycles. The minimum atomic E-state index is -4.53. The Morgan fingerprint density at radius 2 is 1.91 bits per heavy atom. The number of hydrogen-bond donors (Lipinski definition) is 3. The molecular formula is C21H16F3N5O3. The highest BCUT2D eigenvalue weighted by Gasteiger charge is 2.30. The Labute approximate surface area is 178 Å². The largest absolute Gasteiger partial charge is 0.416 e. The summed E-state index contributed by atoms with van der Waals surface area (Å²) >= 11 is 0. The Bertz CT molecular complexity index is 1300. The smallest absolute Gasteiger partial charge is 0.358 e. The van der Waals surface area contributed by atoms with E-state index in [-0.39, 0.29) is 23.0 Å². The van der Waals surface area contributed by atoms with Gasteiger partial charge in [0, 0.05) is 22.7 Å². The summed E-state index contributed by atoms with van der Waals surface area (Å²) in [5, 5.41) is 16.2. The standard InChI is InChI=1S/C21H16F3N5O3/c1-11(26-19(30)12-5-6-16-13(7-12)10-25-28-16)18-9-17(29-32-18)20(31)27-15-4-2-3-14(8-15)21(22,23)24/h2-11H,1H3,(H,25,28)(H,26,30)(H,27,31). The van der Waals surface area contributed by atoms with Crippen LogP contribution in [-0.4, -0.2) is 27.2 Å². The SMILES string of the molecule is CC(NC(=O)c1ccc2[nH]ncc2c1)c1cc(C(=O)Nc2cccc(C(F)(F)F)c2)no1. The minimum absolute atomic E-state index is 0.0367. The van der Waals surface area contributed by atoms with Gasteiger partial charge in [-0.3, -0.25) is 14.7 Å². The Morgan fingerprint density at radius 3 is 2.69 bits per heavy atom. The number of rotatable bonds is 5. The van der Waals surface area contributed by atoms with E-state index in [0.29, 0.717) is 5.56 Å². The van der Waals surface area contributed by atoms with E-state index in [4.69, 9.17) is 4.52 Å². The Kier molecular flexibility index (Phi) is 5.39. The van der Waals surface area contributed by atoms with Crippen LogP contribution in [0, 0.1) is 0 Å². The molecule has 2 aromatic heterocycles. The number of carbonyl (C=O) groups excluding carboxylic acids is 2. The molecule has 0 aliphatic rings. The van der Waals surface area contributed by atoms with Gasteiger partial charge in [-0.25, -0.2) is 0 Å². The normalized spacial score (nSPS) is 12.5. The van der Waals surface area contributed by atoms with Crippen LogP contribution in [0.5, 0.6) is 0 Å². The third-order valence-electron chi connectivity index (χ3n) is 4.69. The van der Waals surface area contributed by atoms with Gasteiger partial charge in [-0.2, -0.15) is 18.3 Å². The van der Waals surface area contributed by atoms with Crippen molar-refractivity contribution in [3.05, 3.63) is 77.3 Å². The van der Waals surface area contributed by atoms with Crippen molar-refractivity contribution in [3.8, 4) is 0 Å². The Hall–Kier alpha value is -4.15. The zero-order valence-corrected chi connectivity index (χ0v) is 16.5. The lowest BCUT2D eigenvalue weighted by Gasteiger charge is -2.10. The average molecular weight is 443 g/mol. The van der Waals surface area contributed by atoms with E-state index in [0.717, 1.165) is 23.0 Å². The molecule has 1 unspecified atom stereocenters. The highest BCUT2D eigenvalue weighted by Crippen LogP contribution is 2.30. The summed E-state index contributed by atoms with van der Waals surface area (Å²) < 4.78 is 43.6. The van der Waals surface area contributed by atoms with Crippen LogP contribution in [0.15, 0.2) is 59.3 Å². The molecule has 164 valence electrons. The van der Waals surface area contributed by atoms with Crippen molar-refractivity contribution in [1.29, 1.82) is 0 Å². The third-order valence-corrected chi connectivity index (χ3v) is 4.69. The maximum atomic E-state index is 12.8. The van der Waals surface area contributed by atoms with Gasteiger partial charge in [0.1, 0.15) is 0 Å². The van der Waals surface area contributed by atoms with Crippen LogP contribution in [0.25, 0.3) is 10.9 Å². The molecule has 4 rings (SSSR count). The number of anilines is 1. The molecule has 2 amide bonds. The summed E-state index contributed by atoms with van der Waals surface area (Å²) in [4.78, 5) is 24.9. The van der Waals surface area contributed by atoms with E-state index in [9.17, 15) is 22.8 Å². The lowest BCUT2D eigenvalue weighted by molar-refractivity contribution is -0.137. The summed E-state index contributed by atoms with van der Waals surface area (Å²) in [5.41, 5.74) is 0.138. The van der Waals surface area contributed by atoms with E-state index in [1.165, 1.54) is 18.2 Å². The molecule has 0 saturated heterocycles. The zero-order chi connectivity index (χ0) is 22.9. The molecule has 0 aliphatic heterocycles. The van der Waals surface area contributed by atoms with Gasteiger partial charge in [0.25, 0.3) is 11.8 Å². The number of nitrogens with zero attached hydrogens (tertiary/aromatic N) is 2. The van der Waals surface area contributed by atoms with Crippen molar-refractivity contribution in [3.63, 3.8) is 0 Å². The number of alkyl halides is 3. The van der Waals surface area contributed by atoms with Crippen LogP contribution in [0.3, 0.4) is 0 Å². The number of H-pyrrole nitrogens is 1. The quantitative estimate of drug-likeness (QED) is 0.425. The fourth-order valence-electron chi connectivity index (χ4n) is 3.00. The van der Waals surface area contributed by atoms with Crippen LogP contribution in [0.2, 0.25) is 0 Å². The minimum Gasteiger partial charge on any atom is -0.358 e. The van der Waals surface area contributed by atoms with Crippen molar-refractivity contribution in [2.75, 3.05) is 5.32 Å². The number of carbonyl (C=O) groups is 2. The molecular weight excluding hydrogens is 427 g/mol. The predicted octanol–water partition coefficient (Wildman–Crippen LogP) is 4.31. The van der Waals surface area contributed by atoms with E-state index >= 15 is 0 Å². The van der Waals surface area contributed by atoms with Crippen LogP contribution in [0.4, 0.5) is 18.9 Å².